The molecule has 0 aliphatic carbocycles. The van der Waals surface area contributed by atoms with Crippen LogP contribution in [0.5, 0.6) is 5.75 Å². The first-order valence-corrected chi connectivity index (χ1v) is 9.30. The van der Waals surface area contributed by atoms with E-state index in [1.54, 1.807) is 0 Å². The van der Waals surface area contributed by atoms with Crippen LogP contribution >= 0.6 is 0 Å². The van der Waals surface area contributed by atoms with E-state index in [-0.39, 0.29) is 0 Å². The number of para-hydroxylation sites is 1. The second kappa shape index (κ2) is 10.5. The molecule has 3 nitrogen and oxygen atoms in total. The van der Waals surface area contributed by atoms with Crippen molar-refractivity contribution in [1.29, 1.82) is 0 Å². The zero-order valence-electron chi connectivity index (χ0n) is 13.6. The third-order valence-electron chi connectivity index (χ3n) is 3.78. The highest BCUT2D eigenvalue weighted by atomic mass is 28.2. The normalized spacial score (nSPS) is 12.9. The van der Waals surface area contributed by atoms with E-state index in [0.717, 1.165) is 30.0 Å². The van der Waals surface area contributed by atoms with Crippen LogP contribution in [0.2, 0.25) is 6.04 Å². The first kappa shape index (κ1) is 17.9. The van der Waals surface area contributed by atoms with E-state index in [1.165, 1.54) is 19.3 Å². The molecule has 0 amide bonds. The third-order valence-corrected chi connectivity index (χ3v) is 4.38. The van der Waals surface area contributed by atoms with Crippen molar-refractivity contribution in [2.45, 2.75) is 71.4 Å². The van der Waals surface area contributed by atoms with Crippen molar-refractivity contribution in [2.24, 2.45) is 9.89 Å². The van der Waals surface area contributed by atoms with Crippen molar-refractivity contribution >= 4 is 9.68 Å². The minimum Gasteiger partial charge on any atom is -0.507 e. The Labute approximate surface area is 131 Å². The van der Waals surface area contributed by atoms with Gasteiger partial charge >= 0.3 is 0 Å². The predicted octanol–water partition coefficient (Wildman–Crippen LogP) is 5.48. The summed E-state index contributed by atoms with van der Waals surface area (Å²) in [7, 11) is 0.532. The molecule has 0 spiro atoms. The summed E-state index contributed by atoms with van der Waals surface area (Å²) in [4.78, 5) is 0. The Balaban J connectivity index is 2.77. The fraction of sp³-hybridized carbons (Fsp3) is 0.647. The van der Waals surface area contributed by atoms with Crippen LogP contribution in [-0.4, -0.2) is 14.8 Å². The Morgan fingerprint density at radius 3 is 2.67 bits per heavy atom. The molecule has 21 heavy (non-hydrogen) atoms. The molecule has 0 saturated heterocycles. The number of phenols is 1. The molecular weight excluding hydrogens is 276 g/mol. The summed E-state index contributed by atoms with van der Waals surface area (Å²) in [5.74, 6) is 0.880. The smallest absolute Gasteiger partial charge is 0.241 e. The van der Waals surface area contributed by atoms with Gasteiger partial charge < -0.3 is 5.11 Å². The van der Waals surface area contributed by atoms with E-state index in [4.69, 9.17) is 0 Å². The molecule has 1 aromatic carbocycles. The summed E-state index contributed by atoms with van der Waals surface area (Å²) < 4.78 is 4.12. The Kier molecular flexibility index (Phi) is 8.98. The van der Waals surface area contributed by atoms with E-state index in [2.05, 4.69) is 36.7 Å². The van der Waals surface area contributed by atoms with Crippen molar-refractivity contribution in [3.63, 3.8) is 0 Å². The first-order chi connectivity index (χ1) is 10.2. The van der Waals surface area contributed by atoms with Crippen molar-refractivity contribution < 1.29 is 5.11 Å². The van der Waals surface area contributed by atoms with Gasteiger partial charge in [-0.05, 0) is 30.4 Å². The summed E-state index contributed by atoms with van der Waals surface area (Å²) in [6.45, 7) is 7.00. The molecule has 0 fully saturated rings. The van der Waals surface area contributed by atoms with Gasteiger partial charge in [0.05, 0.1) is 6.54 Å². The molecule has 0 bridgehead atoms. The monoisotopic (exact) mass is 304 g/mol. The van der Waals surface area contributed by atoms with Gasteiger partial charge in [-0.15, -0.1) is 0 Å². The van der Waals surface area contributed by atoms with E-state index < -0.39 is 0 Å². The highest BCUT2D eigenvalue weighted by molar-refractivity contribution is 6.32. The lowest BCUT2D eigenvalue weighted by Crippen LogP contribution is -2.00. The van der Waals surface area contributed by atoms with Crippen LogP contribution < -0.4 is 0 Å². The summed E-state index contributed by atoms with van der Waals surface area (Å²) in [6, 6.07) is 7.07. The second-order valence-corrected chi connectivity index (χ2v) is 6.59. The molecule has 0 heterocycles. The molecule has 0 aliphatic heterocycles. The largest absolute Gasteiger partial charge is 0.507 e. The topological polar surface area (TPSA) is 45.0 Å². The number of nitrogens with zero attached hydrogens (tertiary/aromatic N) is 2. The van der Waals surface area contributed by atoms with Gasteiger partial charge in [0, 0.05) is 5.56 Å². The van der Waals surface area contributed by atoms with Gasteiger partial charge in [0.25, 0.3) is 0 Å². The van der Waals surface area contributed by atoms with Crippen LogP contribution in [0.15, 0.2) is 28.1 Å². The first-order valence-electron chi connectivity index (χ1n) is 8.14. The molecule has 1 N–H and O–H groups in total. The zero-order valence-corrected chi connectivity index (χ0v) is 14.6. The van der Waals surface area contributed by atoms with Crippen LogP contribution in [0.25, 0.3) is 0 Å². The van der Waals surface area contributed by atoms with Crippen molar-refractivity contribution in [3.8, 4) is 5.75 Å². The minimum atomic E-state index is 0.430. The molecule has 1 atom stereocenters. The third kappa shape index (κ3) is 6.00. The molecule has 0 saturated carbocycles. The van der Waals surface area contributed by atoms with E-state index in [0.29, 0.717) is 27.9 Å². The molecule has 4 heteroatoms. The number of hydrogen-bond acceptors (Lipinski definition) is 3. The number of rotatable bonds is 10. The van der Waals surface area contributed by atoms with Crippen molar-refractivity contribution in [2.75, 3.05) is 0 Å². The highest BCUT2D eigenvalue weighted by Crippen LogP contribution is 2.34. The fourth-order valence-electron chi connectivity index (χ4n) is 2.52. The molecule has 0 aliphatic rings. The standard InChI is InChI=1S/C17H28N2OSi/c1-4-7-8-10-14(5-2)16-12-9-11-15(17(16)20)13-18-19-21-6-3/h9,11-12,14,20H,4-8,10,13H2,1-3H3. The Morgan fingerprint density at radius 2 is 2.00 bits per heavy atom. The molecule has 116 valence electrons. The van der Waals surface area contributed by atoms with Gasteiger partial charge in [0.15, 0.2) is 0 Å². The minimum absolute atomic E-state index is 0.430. The summed E-state index contributed by atoms with van der Waals surface area (Å²) in [5.41, 5.74) is 1.98. The summed E-state index contributed by atoms with van der Waals surface area (Å²) in [5, 5.41) is 14.7. The van der Waals surface area contributed by atoms with Crippen molar-refractivity contribution in [1.82, 2.24) is 0 Å². The number of aromatic hydroxyl groups is 1. The van der Waals surface area contributed by atoms with Crippen molar-refractivity contribution in [3.05, 3.63) is 29.3 Å². The Morgan fingerprint density at radius 1 is 1.19 bits per heavy atom. The number of unbranched alkanes of at least 4 members (excludes halogenated alkanes) is 2. The SMILES string of the molecule is CCCCCC(CC)c1cccc(CN=N[Si]CC)c1O. The highest BCUT2D eigenvalue weighted by Gasteiger charge is 2.15. The summed E-state index contributed by atoms with van der Waals surface area (Å²) >= 11 is 0. The fourth-order valence-corrected chi connectivity index (χ4v) is 2.83. The average Bonchev–Trinajstić information content (AvgIpc) is 2.50. The second-order valence-electron chi connectivity index (χ2n) is 5.37. The van der Waals surface area contributed by atoms with Crippen LogP contribution in [0, 0.1) is 0 Å². The van der Waals surface area contributed by atoms with Gasteiger partial charge in [-0.1, -0.05) is 58.2 Å². The quantitative estimate of drug-likeness (QED) is 0.347. The van der Waals surface area contributed by atoms with Gasteiger partial charge in [-0.2, -0.15) is 5.11 Å². The average molecular weight is 305 g/mol. The lowest BCUT2D eigenvalue weighted by molar-refractivity contribution is 0.445. The van der Waals surface area contributed by atoms with Gasteiger partial charge in [-0.3, -0.25) is 0 Å². The van der Waals surface area contributed by atoms with Gasteiger partial charge in [0.1, 0.15) is 5.75 Å². The van der Waals surface area contributed by atoms with Crippen LogP contribution in [0.4, 0.5) is 0 Å². The van der Waals surface area contributed by atoms with E-state index in [9.17, 15) is 5.11 Å². The maximum absolute atomic E-state index is 10.5. The maximum atomic E-state index is 10.5. The molecular formula is C17H28N2OSi. The predicted molar refractivity (Wildman–Crippen MR) is 90.1 cm³/mol. The maximum Gasteiger partial charge on any atom is 0.241 e. The van der Waals surface area contributed by atoms with Gasteiger partial charge in [0.2, 0.25) is 9.68 Å². The van der Waals surface area contributed by atoms with Crippen LogP contribution in [0.1, 0.15) is 69.9 Å². The van der Waals surface area contributed by atoms with Gasteiger partial charge in [-0.25, -0.2) is 4.78 Å². The molecule has 0 aromatic heterocycles. The van der Waals surface area contributed by atoms with E-state index in [1.807, 2.05) is 12.1 Å². The molecule has 1 unspecified atom stereocenters. The zero-order chi connectivity index (χ0) is 15.5. The summed E-state index contributed by atoms with van der Waals surface area (Å²) in [6.07, 6.45) is 5.96. The number of phenolic OH excluding ortho intramolecular Hbond substituents is 1. The lowest BCUT2D eigenvalue weighted by Gasteiger charge is -2.18. The van der Waals surface area contributed by atoms with Crippen LogP contribution in [-0.2, 0) is 6.54 Å². The lowest BCUT2D eigenvalue weighted by atomic mass is 9.89. The Hall–Kier alpha value is -1.16. The Bertz CT molecular complexity index is 435. The van der Waals surface area contributed by atoms with Crippen LogP contribution in [0.3, 0.4) is 0 Å². The molecule has 1 rings (SSSR count). The molecule has 1 aromatic rings. The number of benzene rings is 1. The van der Waals surface area contributed by atoms with E-state index >= 15 is 0 Å². The number of hydrogen-bond donors (Lipinski definition) is 1. The molecule has 2 radical (unpaired) electrons.